The van der Waals surface area contributed by atoms with Crippen molar-refractivity contribution in [2.24, 2.45) is 0 Å². The zero-order valence-electron chi connectivity index (χ0n) is 12.5. The first-order valence-electron chi connectivity index (χ1n) is 7.01. The van der Waals surface area contributed by atoms with Gasteiger partial charge in [0.1, 0.15) is 15.9 Å². The molecule has 2 aromatic carbocycles. The summed E-state index contributed by atoms with van der Waals surface area (Å²) in [5.74, 6) is -1.44. The Morgan fingerprint density at radius 3 is 2.62 bits per heavy atom. The summed E-state index contributed by atoms with van der Waals surface area (Å²) in [5.41, 5.74) is 0.615. The molecule has 24 heavy (non-hydrogen) atoms. The molecule has 0 N–H and O–H groups in total. The lowest BCUT2D eigenvalue weighted by molar-refractivity contribution is -0.254. The summed E-state index contributed by atoms with van der Waals surface area (Å²) < 4.78 is 35.3. The quantitative estimate of drug-likeness (QED) is 0.677. The number of hydrogen-bond acceptors (Lipinski definition) is 7. The molecule has 0 atom stereocenters. The van der Waals surface area contributed by atoms with Crippen molar-refractivity contribution in [2.75, 3.05) is 10.8 Å². The van der Waals surface area contributed by atoms with Crippen molar-refractivity contribution >= 4 is 44.4 Å². The summed E-state index contributed by atoms with van der Waals surface area (Å²) in [6, 6.07) is 10.5. The van der Waals surface area contributed by atoms with E-state index in [0.29, 0.717) is 5.52 Å². The third kappa shape index (κ3) is 2.61. The fourth-order valence-electron chi connectivity index (χ4n) is 2.44. The lowest BCUT2D eigenvalue weighted by Gasteiger charge is -2.25. The number of hydrogen-bond donors (Lipinski definition) is 0. The van der Waals surface area contributed by atoms with Crippen LogP contribution in [-0.2, 0) is 10.0 Å². The smallest absolute Gasteiger partial charge is 0.266 e. The Hall–Kier alpha value is -2.52. The molecule has 1 aromatic heterocycles. The van der Waals surface area contributed by atoms with Crippen molar-refractivity contribution in [1.29, 1.82) is 0 Å². The Labute approximate surface area is 142 Å². The van der Waals surface area contributed by atoms with E-state index in [1.165, 1.54) is 24.3 Å². The summed E-state index contributed by atoms with van der Waals surface area (Å²) in [5, 5.41) is 11.3. The van der Waals surface area contributed by atoms with Crippen molar-refractivity contribution in [3.8, 4) is 0 Å². The normalized spacial score (nSPS) is 11.5. The predicted molar refractivity (Wildman–Crippen MR) is 88.4 cm³/mol. The second-order valence-electron chi connectivity index (χ2n) is 4.86. The highest BCUT2D eigenvalue weighted by molar-refractivity contribution is 7.93. The van der Waals surface area contributed by atoms with Gasteiger partial charge in [-0.2, -0.15) is 8.75 Å². The fourth-order valence-corrected chi connectivity index (χ4v) is 4.69. The van der Waals surface area contributed by atoms with Gasteiger partial charge in [0.15, 0.2) is 0 Å². The number of fused-ring (bicyclic) bond motifs is 1. The number of carbonyl (C=O) groups is 1. The number of anilines is 1. The molecule has 124 valence electrons. The van der Waals surface area contributed by atoms with Gasteiger partial charge in [0, 0.05) is 12.1 Å². The summed E-state index contributed by atoms with van der Waals surface area (Å²) in [6.45, 7) is 1.68. The van der Waals surface area contributed by atoms with Crippen LogP contribution in [0.5, 0.6) is 0 Å². The van der Waals surface area contributed by atoms with Crippen LogP contribution in [0.1, 0.15) is 17.3 Å². The van der Waals surface area contributed by atoms with E-state index in [-0.39, 0.29) is 28.2 Å². The predicted octanol–water partition coefficient (Wildman–Crippen LogP) is 1.27. The van der Waals surface area contributed by atoms with Gasteiger partial charge < -0.3 is 9.90 Å². The molecule has 0 aliphatic carbocycles. The van der Waals surface area contributed by atoms with Crippen LogP contribution < -0.4 is 9.41 Å². The number of aromatic carboxylic acids is 1. The molecule has 0 spiro atoms. The number of benzene rings is 2. The maximum absolute atomic E-state index is 13.1. The molecule has 0 amide bonds. The largest absolute Gasteiger partial charge is 0.545 e. The van der Waals surface area contributed by atoms with Gasteiger partial charge in [0.2, 0.25) is 0 Å². The van der Waals surface area contributed by atoms with Crippen LogP contribution in [0.25, 0.3) is 11.0 Å². The van der Waals surface area contributed by atoms with Crippen LogP contribution >= 0.6 is 11.7 Å². The number of carboxylic acids is 1. The third-order valence-electron chi connectivity index (χ3n) is 3.50. The van der Waals surface area contributed by atoms with Crippen LogP contribution in [0.4, 0.5) is 5.69 Å². The standard InChI is InChI=1S/C15H13N3O4S2/c1-2-18(12-8-4-3-6-10(12)15(19)20)24(21,22)13-9-5-7-11-14(13)17-23-16-11/h3-9H,2H2,1H3,(H,19,20)/p-1. The first-order valence-corrected chi connectivity index (χ1v) is 9.18. The highest BCUT2D eigenvalue weighted by atomic mass is 32.2. The number of carbonyl (C=O) groups excluding carboxylic acids is 1. The van der Waals surface area contributed by atoms with E-state index in [2.05, 4.69) is 8.75 Å². The first kappa shape index (κ1) is 16.3. The van der Waals surface area contributed by atoms with Crippen LogP contribution in [0.2, 0.25) is 0 Å². The van der Waals surface area contributed by atoms with E-state index in [4.69, 9.17) is 0 Å². The van der Waals surface area contributed by atoms with E-state index in [1.54, 1.807) is 25.1 Å². The van der Waals surface area contributed by atoms with E-state index in [1.807, 2.05) is 0 Å². The Bertz CT molecular complexity index is 1010. The molecule has 0 aliphatic heterocycles. The number of para-hydroxylation sites is 1. The molecule has 3 rings (SSSR count). The van der Waals surface area contributed by atoms with Gasteiger partial charge in [0.05, 0.1) is 23.4 Å². The van der Waals surface area contributed by atoms with Gasteiger partial charge >= 0.3 is 0 Å². The molecule has 0 aliphatic rings. The zero-order chi connectivity index (χ0) is 17.3. The third-order valence-corrected chi connectivity index (χ3v) is 5.96. The number of carboxylic acid groups (broad SMARTS) is 1. The molecule has 9 heteroatoms. The monoisotopic (exact) mass is 362 g/mol. The van der Waals surface area contributed by atoms with E-state index >= 15 is 0 Å². The van der Waals surface area contributed by atoms with Crippen molar-refractivity contribution in [3.05, 3.63) is 48.0 Å². The number of nitrogens with zero attached hydrogens (tertiary/aromatic N) is 3. The minimum atomic E-state index is -4.01. The minimum Gasteiger partial charge on any atom is -0.545 e. The van der Waals surface area contributed by atoms with Crippen molar-refractivity contribution in [1.82, 2.24) is 8.75 Å². The molecule has 0 radical (unpaired) electrons. The van der Waals surface area contributed by atoms with Crippen molar-refractivity contribution in [3.63, 3.8) is 0 Å². The van der Waals surface area contributed by atoms with Crippen LogP contribution in [0.3, 0.4) is 0 Å². The van der Waals surface area contributed by atoms with Gasteiger partial charge in [-0.25, -0.2) is 8.42 Å². The molecule has 1 heterocycles. The average Bonchev–Trinajstić information content (AvgIpc) is 3.04. The van der Waals surface area contributed by atoms with Gasteiger partial charge in [-0.05, 0) is 25.1 Å². The molecule has 0 bridgehead atoms. The second kappa shape index (κ2) is 6.17. The maximum Gasteiger partial charge on any atom is 0.266 e. The Kier molecular flexibility index (Phi) is 4.20. The Morgan fingerprint density at radius 1 is 1.17 bits per heavy atom. The van der Waals surface area contributed by atoms with Crippen molar-refractivity contribution in [2.45, 2.75) is 11.8 Å². The molecule has 7 nitrogen and oxygen atoms in total. The van der Waals surface area contributed by atoms with Gasteiger partial charge in [-0.1, -0.05) is 24.3 Å². The Morgan fingerprint density at radius 2 is 1.92 bits per heavy atom. The maximum atomic E-state index is 13.1. The van der Waals surface area contributed by atoms with Gasteiger partial charge in [-0.15, -0.1) is 0 Å². The lowest BCUT2D eigenvalue weighted by Crippen LogP contribution is -2.34. The summed E-state index contributed by atoms with van der Waals surface area (Å²) in [7, 11) is -4.01. The molecule has 0 saturated carbocycles. The SMILES string of the molecule is CCN(c1ccccc1C(=O)[O-])S(=O)(=O)c1cccc2nsnc12. The number of sulfonamides is 1. The van der Waals surface area contributed by atoms with Crippen LogP contribution in [-0.4, -0.2) is 29.7 Å². The number of aromatic nitrogens is 2. The average molecular weight is 362 g/mol. The molecule has 0 unspecified atom stereocenters. The van der Waals surface area contributed by atoms with E-state index in [0.717, 1.165) is 16.0 Å². The molecule has 0 fully saturated rings. The highest BCUT2D eigenvalue weighted by Crippen LogP contribution is 2.30. The van der Waals surface area contributed by atoms with E-state index in [9.17, 15) is 18.3 Å². The topological polar surface area (TPSA) is 103 Å². The summed E-state index contributed by atoms with van der Waals surface area (Å²) in [6.07, 6.45) is 0. The van der Waals surface area contributed by atoms with Crippen molar-refractivity contribution < 1.29 is 18.3 Å². The summed E-state index contributed by atoms with van der Waals surface area (Å²) in [4.78, 5) is 11.3. The zero-order valence-corrected chi connectivity index (χ0v) is 14.2. The minimum absolute atomic E-state index is 0.0104. The molecule has 3 aromatic rings. The molecule has 0 saturated heterocycles. The lowest BCUT2D eigenvalue weighted by atomic mass is 10.2. The van der Waals surface area contributed by atoms with Crippen LogP contribution in [0, 0.1) is 0 Å². The highest BCUT2D eigenvalue weighted by Gasteiger charge is 2.28. The molecular formula is C15H12N3O4S2-. The summed E-state index contributed by atoms with van der Waals surface area (Å²) >= 11 is 0.919. The number of rotatable bonds is 5. The molecular weight excluding hydrogens is 350 g/mol. The van der Waals surface area contributed by atoms with Crippen LogP contribution in [0.15, 0.2) is 47.4 Å². The van der Waals surface area contributed by atoms with Gasteiger partial charge in [0.25, 0.3) is 10.0 Å². The first-order chi connectivity index (χ1) is 11.5. The van der Waals surface area contributed by atoms with E-state index < -0.39 is 16.0 Å². The van der Waals surface area contributed by atoms with Gasteiger partial charge in [-0.3, -0.25) is 4.31 Å². The second-order valence-corrected chi connectivity index (χ2v) is 7.22. The fraction of sp³-hybridized carbons (Fsp3) is 0.133. The Balaban J connectivity index is 2.21.